The van der Waals surface area contributed by atoms with E-state index in [0.717, 1.165) is 18.5 Å². The van der Waals surface area contributed by atoms with E-state index in [0.29, 0.717) is 32.4 Å². The third kappa shape index (κ3) is 2.21. The molecule has 1 aromatic carbocycles. The van der Waals surface area contributed by atoms with Gasteiger partial charge in [-0.05, 0) is 31.0 Å². The molecule has 1 saturated carbocycles. The Hall–Kier alpha value is -1.21. The number of benzene rings is 1. The van der Waals surface area contributed by atoms with Crippen LogP contribution in [0.25, 0.3) is 5.69 Å². The lowest BCUT2D eigenvalue weighted by Gasteiger charge is -2.05. The summed E-state index contributed by atoms with van der Waals surface area (Å²) in [6, 6.07) is 7.20. The summed E-state index contributed by atoms with van der Waals surface area (Å²) >= 11 is 18.3. The first-order valence-electron chi connectivity index (χ1n) is 5.75. The van der Waals surface area contributed by atoms with Crippen molar-refractivity contribution in [2.45, 2.75) is 18.8 Å². The minimum atomic E-state index is 0.300. The molecular formula is C13H8Cl3N3. The molecule has 0 spiro atoms. The van der Waals surface area contributed by atoms with E-state index in [1.165, 1.54) is 4.68 Å². The van der Waals surface area contributed by atoms with Crippen molar-refractivity contribution < 1.29 is 0 Å². The number of nitrogens with zero attached hydrogens (tertiary/aromatic N) is 3. The van der Waals surface area contributed by atoms with Gasteiger partial charge in [-0.1, -0.05) is 34.8 Å². The smallest absolute Gasteiger partial charge is 0.151 e. The first kappa shape index (κ1) is 12.8. The number of rotatable bonds is 2. The minimum absolute atomic E-state index is 0.300. The topological polar surface area (TPSA) is 41.6 Å². The maximum absolute atomic E-state index is 9.21. The van der Waals surface area contributed by atoms with Gasteiger partial charge < -0.3 is 0 Å². The van der Waals surface area contributed by atoms with E-state index in [1.807, 2.05) is 0 Å². The van der Waals surface area contributed by atoms with Crippen molar-refractivity contribution in [3.63, 3.8) is 0 Å². The summed E-state index contributed by atoms with van der Waals surface area (Å²) in [4.78, 5) is 0. The summed E-state index contributed by atoms with van der Waals surface area (Å²) in [6.45, 7) is 0. The molecule has 0 bridgehead atoms. The van der Waals surface area contributed by atoms with Crippen LogP contribution in [-0.4, -0.2) is 9.78 Å². The molecule has 1 aliphatic rings. The van der Waals surface area contributed by atoms with Crippen LogP contribution >= 0.6 is 34.8 Å². The molecule has 1 aliphatic carbocycles. The van der Waals surface area contributed by atoms with Gasteiger partial charge in [-0.25, -0.2) is 4.68 Å². The van der Waals surface area contributed by atoms with Crippen LogP contribution < -0.4 is 0 Å². The molecule has 1 fully saturated rings. The quantitative estimate of drug-likeness (QED) is 0.814. The van der Waals surface area contributed by atoms with Crippen LogP contribution in [-0.2, 0) is 0 Å². The van der Waals surface area contributed by atoms with Crippen LogP contribution in [0, 0.1) is 11.3 Å². The van der Waals surface area contributed by atoms with Crippen molar-refractivity contribution in [2.24, 2.45) is 0 Å². The van der Waals surface area contributed by atoms with Crippen LogP contribution in [0.15, 0.2) is 18.2 Å². The van der Waals surface area contributed by atoms with Crippen LogP contribution in [0.2, 0.25) is 15.2 Å². The predicted molar refractivity (Wildman–Crippen MR) is 75.3 cm³/mol. The van der Waals surface area contributed by atoms with E-state index in [1.54, 1.807) is 18.2 Å². The highest BCUT2D eigenvalue weighted by atomic mass is 35.5. The van der Waals surface area contributed by atoms with Crippen LogP contribution in [0.4, 0.5) is 0 Å². The van der Waals surface area contributed by atoms with Gasteiger partial charge in [-0.3, -0.25) is 0 Å². The number of aromatic nitrogens is 2. The van der Waals surface area contributed by atoms with Crippen molar-refractivity contribution in [2.75, 3.05) is 0 Å². The molecule has 1 heterocycles. The molecule has 2 aromatic rings. The molecular weight excluding hydrogens is 305 g/mol. The Labute approximate surface area is 125 Å². The summed E-state index contributed by atoms with van der Waals surface area (Å²) in [7, 11) is 0. The fraction of sp³-hybridized carbons (Fsp3) is 0.231. The second kappa shape index (κ2) is 4.72. The number of halogens is 3. The Bertz CT molecular complexity index is 696. The summed E-state index contributed by atoms with van der Waals surface area (Å²) < 4.78 is 1.51. The van der Waals surface area contributed by atoms with Crippen molar-refractivity contribution in [3.05, 3.63) is 44.7 Å². The molecule has 6 heteroatoms. The SMILES string of the molecule is N#Cc1c(C2CC2)nn(-c2ccc(Cl)cc2Cl)c1Cl. The van der Waals surface area contributed by atoms with E-state index in [9.17, 15) is 5.26 Å². The lowest BCUT2D eigenvalue weighted by Crippen LogP contribution is -1.98. The van der Waals surface area contributed by atoms with Crippen LogP contribution in [0.1, 0.15) is 30.0 Å². The molecule has 0 atom stereocenters. The molecule has 3 nitrogen and oxygen atoms in total. The van der Waals surface area contributed by atoms with Crippen molar-refractivity contribution >= 4 is 34.8 Å². The highest BCUT2D eigenvalue weighted by molar-refractivity contribution is 6.36. The van der Waals surface area contributed by atoms with Gasteiger partial charge in [0.2, 0.25) is 0 Å². The molecule has 96 valence electrons. The van der Waals surface area contributed by atoms with Gasteiger partial charge in [-0.2, -0.15) is 10.4 Å². The summed E-state index contributed by atoms with van der Waals surface area (Å²) in [6.07, 6.45) is 2.10. The molecule has 0 radical (unpaired) electrons. The van der Waals surface area contributed by atoms with Crippen LogP contribution in [0.5, 0.6) is 0 Å². The Balaban J connectivity index is 2.18. The summed E-state index contributed by atoms with van der Waals surface area (Å²) in [5, 5.41) is 14.9. The zero-order valence-electron chi connectivity index (χ0n) is 9.70. The monoisotopic (exact) mass is 311 g/mol. The lowest BCUT2D eigenvalue weighted by molar-refractivity contribution is 0.838. The predicted octanol–water partition coefficient (Wildman–Crippen LogP) is 4.58. The Morgan fingerprint density at radius 3 is 2.58 bits per heavy atom. The Morgan fingerprint density at radius 1 is 1.26 bits per heavy atom. The maximum Gasteiger partial charge on any atom is 0.151 e. The zero-order chi connectivity index (χ0) is 13.6. The third-order valence-electron chi connectivity index (χ3n) is 3.07. The van der Waals surface area contributed by atoms with Crippen molar-refractivity contribution in [1.82, 2.24) is 9.78 Å². The lowest BCUT2D eigenvalue weighted by atomic mass is 10.2. The maximum atomic E-state index is 9.21. The molecule has 0 N–H and O–H groups in total. The van der Waals surface area contributed by atoms with E-state index in [-0.39, 0.29) is 0 Å². The third-order valence-corrected chi connectivity index (χ3v) is 3.96. The second-order valence-corrected chi connectivity index (χ2v) is 5.65. The number of nitriles is 1. The van der Waals surface area contributed by atoms with E-state index < -0.39 is 0 Å². The molecule has 1 aromatic heterocycles. The van der Waals surface area contributed by atoms with Crippen LogP contribution in [0.3, 0.4) is 0 Å². The highest BCUT2D eigenvalue weighted by Crippen LogP contribution is 2.43. The number of hydrogen-bond acceptors (Lipinski definition) is 2. The van der Waals surface area contributed by atoms with Gasteiger partial charge in [0.15, 0.2) is 5.15 Å². The van der Waals surface area contributed by atoms with Crippen molar-refractivity contribution in [1.29, 1.82) is 5.26 Å². The minimum Gasteiger partial charge on any atom is -0.219 e. The van der Waals surface area contributed by atoms with Crippen molar-refractivity contribution in [3.8, 4) is 11.8 Å². The molecule has 0 aliphatic heterocycles. The second-order valence-electron chi connectivity index (χ2n) is 4.44. The molecule has 0 unspecified atom stereocenters. The van der Waals surface area contributed by atoms with E-state index in [2.05, 4.69) is 11.2 Å². The zero-order valence-corrected chi connectivity index (χ0v) is 12.0. The highest BCUT2D eigenvalue weighted by Gasteiger charge is 2.32. The molecule has 0 saturated heterocycles. The summed E-state index contributed by atoms with van der Waals surface area (Å²) in [5.41, 5.74) is 1.83. The van der Waals surface area contributed by atoms with E-state index >= 15 is 0 Å². The van der Waals surface area contributed by atoms with Gasteiger partial charge in [-0.15, -0.1) is 0 Å². The van der Waals surface area contributed by atoms with Gasteiger partial charge >= 0.3 is 0 Å². The average Bonchev–Trinajstić information content (AvgIpc) is 3.15. The first-order valence-corrected chi connectivity index (χ1v) is 6.89. The van der Waals surface area contributed by atoms with E-state index in [4.69, 9.17) is 34.8 Å². The van der Waals surface area contributed by atoms with Gasteiger partial charge in [0.1, 0.15) is 11.6 Å². The fourth-order valence-corrected chi connectivity index (χ4v) is 2.73. The summed E-state index contributed by atoms with van der Waals surface area (Å²) in [5.74, 6) is 0.347. The van der Waals surface area contributed by atoms with Gasteiger partial charge in [0.05, 0.1) is 16.4 Å². The molecule has 0 amide bonds. The van der Waals surface area contributed by atoms with Gasteiger partial charge in [0, 0.05) is 10.9 Å². The molecule has 3 rings (SSSR count). The Kier molecular flexibility index (Phi) is 3.18. The largest absolute Gasteiger partial charge is 0.219 e. The fourth-order valence-electron chi connectivity index (χ4n) is 1.97. The average molecular weight is 313 g/mol. The number of hydrogen-bond donors (Lipinski definition) is 0. The van der Waals surface area contributed by atoms with Gasteiger partial charge in [0.25, 0.3) is 0 Å². The molecule has 19 heavy (non-hydrogen) atoms. The normalized spacial score (nSPS) is 14.4. The Morgan fingerprint density at radius 2 is 2.00 bits per heavy atom. The first-order chi connectivity index (χ1) is 9.11. The standard InChI is InChI=1S/C13H8Cl3N3/c14-8-3-4-11(10(15)5-8)19-13(16)9(6-17)12(18-19)7-1-2-7/h3-5,7H,1-2H2.